The number of nitrogens with zero attached hydrogens (tertiary/aromatic N) is 1. The zero-order chi connectivity index (χ0) is 24.8. The summed E-state index contributed by atoms with van der Waals surface area (Å²) in [6, 6.07) is 16.3. The molecule has 1 aliphatic carbocycles. The van der Waals surface area contributed by atoms with E-state index < -0.39 is 17.7 Å². The Morgan fingerprint density at radius 2 is 1.66 bits per heavy atom. The van der Waals surface area contributed by atoms with Gasteiger partial charge in [0, 0.05) is 12.5 Å². The van der Waals surface area contributed by atoms with Gasteiger partial charge in [0.25, 0.3) is 0 Å². The summed E-state index contributed by atoms with van der Waals surface area (Å²) in [6.07, 6.45) is -0.298. The summed E-state index contributed by atoms with van der Waals surface area (Å²) in [7, 11) is 0. The first-order valence-corrected chi connectivity index (χ1v) is 11.7. The van der Waals surface area contributed by atoms with E-state index in [1.165, 1.54) is 11.1 Å². The number of likely N-dealkylation sites (tertiary alicyclic amines) is 1. The van der Waals surface area contributed by atoms with Gasteiger partial charge in [-0.1, -0.05) is 48.5 Å². The zero-order valence-corrected chi connectivity index (χ0v) is 19.7. The number of amides is 2. The van der Waals surface area contributed by atoms with Gasteiger partial charge in [-0.25, -0.2) is 9.59 Å². The Balaban J connectivity index is 1.09. The first kappa shape index (κ1) is 24.7. The van der Waals surface area contributed by atoms with E-state index in [0.29, 0.717) is 13.1 Å². The Kier molecular flexibility index (Phi) is 7.67. The number of ether oxygens (including phenoxy) is 3. The van der Waals surface area contributed by atoms with Crippen molar-refractivity contribution in [2.75, 3.05) is 46.1 Å². The number of hydrogen-bond acceptors (Lipinski definition) is 6. The minimum atomic E-state index is -1.03. The first-order chi connectivity index (χ1) is 16.9. The molecule has 1 aliphatic heterocycles. The number of carboxylic acids is 1. The highest BCUT2D eigenvalue weighted by Gasteiger charge is 2.42. The van der Waals surface area contributed by atoms with Crippen LogP contribution in [0.5, 0.6) is 0 Å². The van der Waals surface area contributed by atoms with E-state index in [4.69, 9.17) is 19.3 Å². The lowest BCUT2D eigenvalue weighted by atomic mass is 9.96. The maximum atomic E-state index is 12.2. The molecule has 9 heteroatoms. The zero-order valence-electron chi connectivity index (χ0n) is 19.7. The summed E-state index contributed by atoms with van der Waals surface area (Å²) in [5.74, 6) is -1.10. The summed E-state index contributed by atoms with van der Waals surface area (Å²) in [5, 5.41) is 11.4. The molecule has 1 fully saturated rings. The number of carboxylic acid groups (broad SMARTS) is 1. The first-order valence-electron chi connectivity index (χ1n) is 11.7. The van der Waals surface area contributed by atoms with Crippen LogP contribution < -0.4 is 5.32 Å². The average Bonchev–Trinajstić information content (AvgIpc) is 3.15. The maximum absolute atomic E-state index is 12.2. The molecule has 2 amide bonds. The number of aliphatic carboxylic acids is 1. The molecule has 2 N–H and O–H groups in total. The standard InChI is InChI=1S/C26H30N2O7/c1-26(35-15-24(30)31)16-28(17-26)23(29)10-12-33-13-11-27-25(32)34-14-22-20-8-4-2-6-18(20)19-7-3-5-9-21(19)22/h2-9,22H,10-17H2,1H3,(H,27,32)(H,30,31). The molecule has 0 atom stereocenters. The molecule has 1 saturated heterocycles. The van der Waals surface area contributed by atoms with Crippen LogP contribution in [0.25, 0.3) is 11.1 Å². The van der Waals surface area contributed by atoms with Crippen LogP contribution in [0.3, 0.4) is 0 Å². The number of hydrogen-bond donors (Lipinski definition) is 2. The molecule has 4 rings (SSSR count). The molecule has 2 aliphatic rings. The van der Waals surface area contributed by atoms with Crippen molar-refractivity contribution in [2.24, 2.45) is 0 Å². The quantitative estimate of drug-likeness (QED) is 0.473. The number of alkyl carbamates (subject to hydrolysis) is 1. The lowest BCUT2D eigenvalue weighted by molar-refractivity contribution is -0.173. The van der Waals surface area contributed by atoms with Crippen molar-refractivity contribution < 1.29 is 33.7 Å². The highest BCUT2D eigenvalue weighted by molar-refractivity contribution is 5.79. The number of carbonyl (C=O) groups is 3. The van der Waals surface area contributed by atoms with Gasteiger partial charge in [0.05, 0.1) is 32.7 Å². The summed E-state index contributed by atoms with van der Waals surface area (Å²) in [5.41, 5.74) is 4.06. The molecule has 9 nitrogen and oxygen atoms in total. The molecule has 0 bridgehead atoms. The van der Waals surface area contributed by atoms with E-state index in [1.807, 2.05) is 24.3 Å². The second-order valence-electron chi connectivity index (χ2n) is 9.00. The fourth-order valence-electron chi connectivity index (χ4n) is 4.56. The molecule has 0 aromatic heterocycles. The van der Waals surface area contributed by atoms with Gasteiger partial charge in [-0.05, 0) is 29.2 Å². The Morgan fingerprint density at radius 1 is 1.03 bits per heavy atom. The lowest BCUT2D eigenvalue weighted by Crippen LogP contribution is -2.63. The van der Waals surface area contributed by atoms with E-state index in [0.717, 1.165) is 11.1 Å². The molecule has 2 aromatic rings. The molecule has 0 spiro atoms. The van der Waals surface area contributed by atoms with Crippen molar-refractivity contribution in [1.82, 2.24) is 10.2 Å². The van der Waals surface area contributed by atoms with Crippen LogP contribution in [-0.4, -0.2) is 79.6 Å². The van der Waals surface area contributed by atoms with Crippen molar-refractivity contribution in [1.29, 1.82) is 0 Å². The van der Waals surface area contributed by atoms with Crippen molar-refractivity contribution in [3.63, 3.8) is 0 Å². The van der Waals surface area contributed by atoms with E-state index in [1.54, 1.807) is 11.8 Å². The summed E-state index contributed by atoms with van der Waals surface area (Å²) >= 11 is 0. The molecular formula is C26H30N2O7. The third kappa shape index (κ3) is 5.98. The van der Waals surface area contributed by atoms with Crippen LogP contribution in [0, 0.1) is 0 Å². The lowest BCUT2D eigenvalue weighted by Gasteiger charge is -2.47. The van der Waals surface area contributed by atoms with Crippen LogP contribution >= 0.6 is 0 Å². The highest BCUT2D eigenvalue weighted by atomic mass is 16.5. The number of fused-ring (bicyclic) bond motifs is 3. The molecule has 186 valence electrons. The predicted octanol–water partition coefficient (Wildman–Crippen LogP) is 2.63. The van der Waals surface area contributed by atoms with Crippen molar-refractivity contribution in [2.45, 2.75) is 24.9 Å². The van der Waals surface area contributed by atoms with Crippen LogP contribution in [-0.2, 0) is 23.8 Å². The van der Waals surface area contributed by atoms with Gasteiger partial charge in [-0.15, -0.1) is 0 Å². The number of carbonyl (C=O) groups excluding carboxylic acids is 2. The molecule has 0 radical (unpaired) electrons. The van der Waals surface area contributed by atoms with E-state index in [-0.39, 0.29) is 51.2 Å². The van der Waals surface area contributed by atoms with Crippen LogP contribution in [0.15, 0.2) is 48.5 Å². The van der Waals surface area contributed by atoms with Gasteiger partial charge in [-0.2, -0.15) is 0 Å². The Morgan fingerprint density at radius 3 is 2.29 bits per heavy atom. The highest BCUT2D eigenvalue weighted by Crippen LogP contribution is 2.44. The Hall–Kier alpha value is -3.43. The second-order valence-corrected chi connectivity index (χ2v) is 9.00. The van der Waals surface area contributed by atoms with Crippen molar-refractivity contribution in [3.8, 4) is 11.1 Å². The van der Waals surface area contributed by atoms with E-state index in [2.05, 4.69) is 29.6 Å². The second kappa shape index (κ2) is 10.9. The third-order valence-corrected chi connectivity index (χ3v) is 6.27. The summed E-state index contributed by atoms with van der Waals surface area (Å²) < 4.78 is 16.2. The molecular weight excluding hydrogens is 452 g/mol. The largest absolute Gasteiger partial charge is 0.480 e. The Labute approximate surface area is 204 Å². The van der Waals surface area contributed by atoms with Gasteiger partial charge in [0.15, 0.2) is 0 Å². The minimum absolute atomic E-state index is 0.00769. The van der Waals surface area contributed by atoms with E-state index in [9.17, 15) is 14.4 Å². The fourth-order valence-corrected chi connectivity index (χ4v) is 4.56. The topological polar surface area (TPSA) is 114 Å². The molecule has 0 unspecified atom stereocenters. The van der Waals surface area contributed by atoms with Gasteiger partial charge < -0.3 is 29.5 Å². The predicted molar refractivity (Wildman–Crippen MR) is 127 cm³/mol. The fraction of sp³-hybridized carbons (Fsp3) is 0.423. The van der Waals surface area contributed by atoms with Gasteiger partial charge in [-0.3, -0.25) is 4.79 Å². The Bertz CT molecular complexity index is 1040. The molecule has 35 heavy (non-hydrogen) atoms. The van der Waals surface area contributed by atoms with Gasteiger partial charge >= 0.3 is 12.1 Å². The molecule has 0 saturated carbocycles. The molecule has 1 heterocycles. The normalized spacial score (nSPS) is 15.6. The van der Waals surface area contributed by atoms with Crippen LogP contribution in [0.4, 0.5) is 4.79 Å². The third-order valence-electron chi connectivity index (χ3n) is 6.27. The summed E-state index contributed by atoms with van der Waals surface area (Å²) in [4.78, 5) is 36.5. The van der Waals surface area contributed by atoms with Crippen molar-refractivity contribution in [3.05, 3.63) is 59.7 Å². The van der Waals surface area contributed by atoms with Crippen LogP contribution in [0.1, 0.15) is 30.4 Å². The monoisotopic (exact) mass is 482 g/mol. The smallest absolute Gasteiger partial charge is 0.407 e. The van der Waals surface area contributed by atoms with Crippen LogP contribution in [0.2, 0.25) is 0 Å². The number of rotatable bonds is 11. The number of nitrogens with one attached hydrogen (secondary N) is 1. The SMILES string of the molecule is CC1(OCC(=O)O)CN(C(=O)CCOCCNC(=O)OCC2c3ccccc3-c3ccccc32)C1. The average molecular weight is 483 g/mol. The summed E-state index contributed by atoms with van der Waals surface area (Å²) in [6.45, 7) is 3.15. The number of benzene rings is 2. The molecule has 2 aromatic carbocycles. The van der Waals surface area contributed by atoms with Crippen molar-refractivity contribution >= 4 is 18.0 Å². The maximum Gasteiger partial charge on any atom is 0.407 e. The van der Waals surface area contributed by atoms with Gasteiger partial charge in [0.1, 0.15) is 18.8 Å². The van der Waals surface area contributed by atoms with Gasteiger partial charge in [0.2, 0.25) is 5.91 Å². The minimum Gasteiger partial charge on any atom is -0.480 e. The van der Waals surface area contributed by atoms with E-state index >= 15 is 0 Å².